The molecule has 2 aromatic carbocycles. The molecule has 2 amide bonds. The topological polar surface area (TPSA) is 76.0 Å². The number of aryl methyl sites for hydroxylation is 1. The second-order valence-corrected chi connectivity index (χ2v) is 6.81. The summed E-state index contributed by atoms with van der Waals surface area (Å²) in [6, 6.07) is 14.4. The van der Waals surface area contributed by atoms with Crippen LogP contribution in [0, 0.1) is 0 Å². The minimum atomic E-state index is -0.295. The molecule has 3 aromatic rings. The van der Waals surface area contributed by atoms with Crippen molar-refractivity contribution >= 4 is 29.1 Å². The van der Waals surface area contributed by atoms with Gasteiger partial charge in [0, 0.05) is 31.5 Å². The van der Waals surface area contributed by atoms with Crippen molar-refractivity contribution in [2.45, 2.75) is 25.9 Å². The Labute approximate surface area is 168 Å². The molecule has 6 nitrogen and oxygen atoms in total. The molecule has 7 heteroatoms. The summed E-state index contributed by atoms with van der Waals surface area (Å²) in [5, 5.41) is 6.06. The third-order valence-electron chi connectivity index (χ3n) is 4.27. The molecule has 0 spiro atoms. The molecule has 0 aliphatic heterocycles. The molecular weight excluding hydrogens is 376 g/mol. The van der Waals surface area contributed by atoms with Crippen LogP contribution < -0.4 is 10.6 Å². The lowest BCUT2D eigenvalue weighted by atomic mass is 10.0. The van der Waals surface area contributed by atoms with Crippen LogP contribution in [0.15, 0.2) is 67.3 Å². The molecule has 1 atom stereocenters. The maximum atomic E-state index is 12.9. The zero-order chi connectivity index (χ0) is 19.9. The van der Waals surface area contributed by atoms with Gasteiger partial charge in [-0.15, -0.1) is 0 Å². The van der Waals surface area contributed by atoms with Gasteiger partial charge in [-0.2, -0.15) is 0 Å². The third-order valence-corrected chi connectivity index (χ3v) is 4.60. The second kappa shape index (κ2) is 9.19. The molecular formula is C21H21ClN4O2. The Morgan fingerprint density at radius 2 is 1.96 bits per heavy atom. The Morgan fingerprint density at radius 3 is 2.64 bits per heavy atom. The van der Waals surface area contributed by atoms with Crippen LogP contribution in [0.25, 0.3) is 0 Å². The van der Waals surface area contributed by atoms with E-state index in [1.54, 1.807) is 30.7 Å². The number of nitrogens with one attached hydrogen (secondary N) is 2. The second-order valence-electron chi connectivity index (χ2n) is 6.40. The Hall–Kier alpha value is -3.12. The number of imidazole rings is 1. The minimum absolute atomic E-state index is 0.198. The summed E-state index contributed by atoms with van der Waals surface area (Å²) in [6.07, 6.45) is 6.05. The zero-order valence-electron chi connectivity index (χ0n) is 15.4. The van der Waals surface area contributed by atoms with Crippen LogP contribution in [0.2, 0.25) is 5.02 Å². The number of rotatable bonds is 7. The largest absolute Gasteiger partial charge is 0.345 e. The molecule has 0 radical (unpaired) electrons. The van der Waals surface area contributed by atoms with Gasteiger partial charge in [-0.25, -0.2) is 4.98 Å². The lowest BCUT2D eigenvalue weighted by Gasteiger charge is -2.20. The number of carbonyl (C=O) groups is 2. The Kier molecular flexibility index (Phi) is 6.45. The maximum Gasteiger partial charge on any atom is 0.253 e. The van der Waals surface area contributed by atoms with Gasteiger partial charge in [0.2, 0.25) is 5.91 Å². The van der Waals surface area contributed by atoms with E-state index in [-0.39, 0.29) is 17.9 Å². The van der Waals surface area contributed by atoms with E-state index in [2.05, 4.69) is 15.6 Å². The number of anilines is 1. The fourth-order valence-electron chi connectivity index (χ4n) is 2.92. The van der Waals surface area contributed by atoms with E-state index in [9.17, 15) is 9.59 Å². The number of hydrogen-bond acceptors (Lipinski definition) is 3. The minimum Gasteiger partial charge on any atom is -0.345 e. The van der Waals surface area contributed by atoms with Crippen molar-refractivity contribution in [3.63, 3.8) is 0 Å². The summed E-state index contributed by atoms with van der Waals surface area (Å²) in [7, 11) is 0. The smallest absolute Gasteiger partial charge is 0.253 e. The Morgan fingerprint density at radius 1 is 1.18 bits per heavy atom. The Bertz CT molecular complexity index is 942. The average Bonchev–Trinajstić information content (AvgIpc) is 3.20. The van der Waals surface area contributed by atoms with Crippen LogP contribution in [-0.4, -0.2) is 21.4 Å². The van der Waals surface area contributed by atoms with E-state index in [1.807, 2.05) is 41.1 Å². The molecule has 0 bridgehead atoms. The molecule has 144 valence electrons. The molecule has 0 saturated carbocycles. The van der Waals surface area contributed by atoms with Crippen LogP contribution in [0.4, 0.5) is 5.69 Å². The molecule has 0 fully saturated rings. The molecule has 2 N–H and O–H groups in total. The fraction of sp³-hybridized carbons (Fsp3) is 0.190. The standard InChI is InChI=1S/C21H21ClN4O2/c1-15(27)24-17-7-8-19(22)18(13-17)21(28)25-20(16-5-3-2-4-6-16)9-11-26-12-10-23-14-26/h2-8,10,12-14,20H,9,11H2,1H3,(H,24,27)(H,25,28). The molecule has 28 heavy (non-hydrogen) atoms. The zero-order valence-corrected chi connectivity index (χ0v) is 16.2. The van der Waals surface area contributed by atoms with E-state index < -0.39 is 0 Å². The van der Waals surface area contributed by atoms with Crippen molar-refractivity contribution < 1.29 is 9.59 Å². The van der Waals surface area contributed by atoms with Gasteiger partial charge in [-0.05, 0) is 30.2 Å². The number of benzene rings is 2. The normalized spacial score (nSPS) is 11.6. The van der Waals surface area contributed by atoms with Crippen molar-refractivity contribution in [1.29, 1.82) is 0 Å². The lowest BCUT2D eigenvalue weighted by Crippen LogP contribution is -2.29. The monoisotopic (exact) mass is 396 g/mol. The van der Waals surface area contributed by atoms with E-state index >= 15 is 0 Å². The highest BCUT2D eigenvalue weighted by Gasteiger charge is 2.18. The molecule has 0 saturated heterocycles. The summed E-state index contributed by atoms with van der Waals surface area (Å²) < 4.78 is 1.96. The summed E-state index contributed by atoms with van der Waals surface area (Å²) in [5.41, 5.74) is 1.85. The first kappa shape index (κ1) is 19.6. The van der Waals surface area contributed by atoms with Gasteiger partial charge in [0.15, 0.2) is 0 Å². The average molecular weight is 397 g/mol. The number of amides is 2. The predicted octanol–water partition coefficient (Wildman–Crippen LogP) is 4.06. The highest BCUT2D eigenvalue weighted by atomic mass is 35.5. The van der Waals surface area contributed by atoms with Crippen molar-refractivity contribution in [2.24, 2.45) is 0 Å². The SMILES string of the molecule is CC(=O)Nc1ccc(Cl)c(C(=O)NC(CCn2ccnc2)c2ccccc2)c1. The number of hydrogen-bond donors (Lipinski definition) is 2. The summed E-state index contributed by atoms with van der Waals surface area (Å²) in [6.45, 7) is 2.12. The van der Waals surface area contributed by atoms with Crippen LogP contribution in [-0.2, 0) is 11.3 Å². The van der Waals surface area contributed by atoms with Crippen molar-refractivity contribution in [3.05, 3.63) is 83.4 Å². The quantitative estimate of drug-likeness (QED) is 0.632. The van der Waals surface area contributed by atoms with Crippen LogP contribution in [0.3, 0.4) is 0 Å². The lowest BCUT2D eigenvalue weighted by molar-refractivity contribution is -0.114. The Balaban J connectivity index is 1.79. The van der Waals surface area contributed by atoms with Crippen molar-refractivity contribution in [3.8, 4) is 0 Å². The number of carbonyl (C=O) groups excluding carboxylic acids is 2. The summed E-state index contributed by atoms with van der Waals surface area (Å²) in [4.78, 5) is 28.3. The first-order valence-corrected chi connectivity index (χ1v) is 9.29. The molecule has 3 rings (SSSR count). The number of aromatic nitrogens is 2. The van der Waals surface area contributed by atoms with E-state index in [0.717, 1.165) is 5.56 Å². The number of nitrogens with zero attached hydrogens (tertiary/aromatic N) is 2. The van der Waals surface area contributed by atoms with E-state index in [4.69, 9.17) is 11.6 Å². The third kappa shape index (κ3) is 5.20. The van der Waals surface area contributed by atoms with Crippen molar-refractivity contribution in [2.75, 3.05) is 5.32 Å². The molecule has 1 unspecified atom stereocenters. The first-order chi connectivity index (χ1) is 13.5. The van der Waals surface area contributed by atoms with E-state index in [0.29, 0.717) is 29.2 Å². The van der Waals surface area contributed by atoms with Gasteiger partial charge in [-0.1, -0.05) is 41.9 Å². The van der Waals surface area contributed by atoms with Gasteiger partial charge < -0.3 is 15.2 Å². The van der Waals surface area contributed by atoms with Gasteiger partial charge in [0.05, 0.1) is 23.0 Å². The molecule has 1 heterocycles. The molecule has 0 aliphatic rings. The molecule has 0 aliphatic carbocycles. The van der Waals surface area contributed by atoms with Gasteiger partial charge in [0.1, 0.15) is 0 Å². The fourth-order valence-corrected chi connectivity index (χ4v) is 3.12. The van der Waals surface area contributed by atoms with Gasteiger partial charge in [0.25, 0.3) is 5.91 Å². The molecule has 1 aromatic heterocycles. The van der Waals surface area contributed by atoms with E-state index in [1.165, 1.54) is 6.92 Å². The van der Waals surface area contributed by atoms with Crippen molar-refractivity contribution in [1.82, 2.24) is 14.9 Å². The van der Waals surface area contributed by atoms with Crippen LogP contribution in [0.5, 0.6) is 0 Å². The maximum absolute atomic E-state index is 12.9. The van der Waals surface area contributed by atoms with Gasteiger partial charge >= 0.3 is 0 Å². The van der Waals surface area contributed by atoms with Gasteiger partial charge in [-0.3, -0.25) is 9.59 Å². The summed E-state index contributed by atoms with van der Waals surface area (Å²) in [5.74, 6) is -0.507. The first-order valence-electron chi connectivity index (χ1n) is 8.91. The summed E-state index contributed by atoms with van der Waals surface area (Å²) >= 11 is 6.23. The predicted molar refractivity (Wildman–Crippen MR) is 109 cm³/mol. The van der Waals surface area contributed by atoms with Crippen LogP contribution in [0.1, 0.15) is 35.3 Å². The van der Waals surface area contributed by atoms with Crippen LogP contribution >= 0.6 is 11.6 Å². The highest BCUT2D eigenvalue weighted by molar-refractivity contribution is 6.34. The highest BCUT2D eigenvalue weighted by Crippen LogP contribution is 2.23. The number of halogens is 1.